The molecular weight excluding hydrogens is 302 g/mol. The number of carbonyl (C=O) groups is 1. The maximum Gasteiger partial charge on any atom is 0.224 e. The van der Waals surface area contributed by atoms with Gasteiger partial charge in [-0.1, -0.05) is 29.8 Å². The first-order valence-electron chi connectivity index (χ1n) is 8.24. The van der Waals surface area contributed by atoms with Gasteiger partial charge in [0.1, 0.15) is 11.5 Å². The van der Waals surface area contributed by atoms with Gasteiger partial charge < -0.3 is 14.8 Å². The highest BCUT2D eigenvalue weighted by molar-refractivity contribution is 5.78. The Morgan fingerprint density at radius 3 is 2.54 bits per heavy atom. The summed E-state index contributed by atoms with van der Waals surface area (Å²) in [4.78, 5) is 12.1. The molecule has 4 heteroatoms. The zero-order chi connectivity index (χ0) is 17.4. The Morgan fingerprint density at radius 2 is 1.88 bits per heavy atom. The van der Waals surface area contributed by atoms with Gasteiger partial charge in [-0.25, -0.2) is 0 Å². The molecule has 2 aromatic rings. The number of nitrogens with one attached hydrogen (secondary N) is 1. The van der Waals surface area contributed by atoms with Gasteiger partial charge in [0.15, 0.2) is 0 Å². The minimum atomic E-state index is 0.0192. The van der Waals surface area contributed by atoms with Gasteiger partial charge in [-0.2, -0.15) is 0 Å². The van der Waals surface area contributed by atoms with E-state index in [1.807, 2.05) is 50.2 Å². The van der Waals surface area contributed by atoms with Crippen molar-refractivity contribution in [3.05, 3.63) is 59.2 Å². The smallest absolute Gasteiger partial charge is 0.224 e. The second kappa shape index (κ2) is 8.96. The van der Waals surface area contributed by atoms with Crippen molar-refractivity contribution in [2.75, 3.05) is 20.3 Å². The van der Waals surface area contributed by atoms with Crippen LogP contribution in [0.15, 0.2) is 42.5 Å². The average Bonchev–Trinajstić information content (AvgIpc) is 2.57. The Hall–Kier alpha value is -2.49. The summed E-state index contributed by atoms with van der Waals surface area (Å²) in [5, 5.41) is 2.96. The van der Waals surface area contributed by atoms with E-state index in [1.165, 1.54) is 5.56 Å². The van der Waals surface area contributed by atoms with Gasteiger partial charge in [-0.3, -0.25) is 4.79 Å². The SMILES string of the molecule is CCOc1ccc(CC(=O)NCCc2cc(C)ccc2OC)cc1. The molecule has 0 radical (unpaired) electrons. The molecule has 2 rings (SSSR count). The molecule has 4 nitrogen and oxygen atoms in total. The predicted molar refractivity (Wildman–Crippen MR) is 95.8 cm³/mol. The molecule has 0 aliphatic rings. The molecule has 0 aliphatic carbocycles. The summed E-state index contributed by atoms with van der Waals surface area (Å²) in [6, 6.07) is 13.7. The molecule has 0 heterocycles. The molecule has 0 bridgehead atoms. The molecule has 0 spiro atoms. The van der Waals surface area contributed by atoms with Gasteiger partial charge in [-0.15, -0.1) is 0 Å². The lowest BCUT2D eigenvalue weighted by Crippen LogP contribution is -2.27. The molecule has 24 heavy (non-hydrogen) atoms. The normalized spacial score (nSPS) is 10.3. The summed E-state index contributed by atoms with van der Waals surface area (Å²) < 4.78 is 10.8. The summed E-state index contributed by atoms with van der Waals surface area (Å²) >= 11 is 0. The van der Waals surface area contributed by atoms with Crippen LogP contribution in [0.4, 0.5) is 0 Å². The predicted octanol–water partition coefficient (Wildman–Crippen LogP) is 3.30. The van der Waals surface area contributed by atoms with Crippen LogP contribution in [0.1, 0.15) is 23.6 Å². The summed E-state index contributed by atoms with van der Waals surface area (Å²) in [7, 11) is 1.67. The van der Waals surface area contributed by atoms with Gasteiger partial charge in [0.2, 0.25) is 5.91 Å². The van der Waals surface area contributed by atoms with Gasteiger partial charge in [0, 0.05) is 6.54 Å². The van der Waals surface area contributed by atoms with E-state index in [9.17, 15) is 4.79 Å². The summed E-state index contributed by atoms with van der Waals surface area (Å²) in [5.74, 6) is 1.71. The van der Waals surface area contributed by atoms with Crippen LogP contribution in [0.3, 0.4) is 0 Å². The lowest BCUT2D eigenvalue weighted by molar-refractivity contribution is -0.120. The van der Waals surface area contributed by atoms with Crippen molar-refractivity contribution in [3.8, 4) is 11.5 Å². The summed E-state index contributed by atoms with van der Waals surface area (Å²) in [5.41, 5.74) is 3.27. The maximum atomic E-state index is 12.1. The van der Waals surface area contributed by atoms with Crippen molar-refractivity contribution in [2.45, 2.75) is 26.7 Å². The Labute approximate surface area is 143 Å². The van der Waals surface area contributed by atoms with Crippen molar-refractivity contribution in [3.63, 3.8) is 0 Å². The second-order valence-electron chi connectivity index (χ2n) is 5.67. The van der Waals surface area contributed by atoms with Crippen molar-refractivity contribution in [2.24, 2.45) is 0 Å². The van der Waals surface area contributed by atoms with E-state index in [4.69, 9.17) is 9.47 Å². The second-order valence-corrected chi connectivity index (χ2v) is 5.67. The molecule has 1 amide bonds. The first kappa shape index (κ1) is 17.9. The number of hydrogen-bond acceptors (Lipinski definition) is 3. The third kappa shape index (κ3) is 5.30. The third-order valence-electron chi connectivity index (χ3n) is 3.75. The summed E-state index contributed by atoms with van der Waals surface area (Å²) in [6.07, 6.45) is 1.12. The number of carbonyl (C=O) groups excluding carboxylic acids is 1. The fourth-order valence-electron chi connectivity index (χ4n) is 2.56. The zero-order valence-corrected chi connectivity index (χ0v) is 14.6. The van der Waals surface area contributed by atoms with Crippen LogP contribution < -0.4 is 14.8 Å². The van der Waals surface area contributed by atoms with E-state index in [2.05, 4.69) is 11.4 Å². The van der Waals surface area contributed by atoms with E-state index in [0.717, 1.165) is 29.0 Å². The lowest BCUT2D eigenvalue weighted by Gasteiger charge is -2.10. The van der Waals surface area contributed by atoms with Crippen LogP contribution in [0.2, 0.25) is 0 Å². The van der Waals surface area contributed by atoms with E-state index < -0.39 is 0 Å². The molecule has 2 aromatic carbocycles. The number of amides is 1. The third-order valence-corrected chi connectivity index (χ3v) is 3.75. The van der Waals surface area contributed by atoms with Gasteiger partial charge >= 0.3 is 0 Å². The van der Waals surface area contributed by atoms with Crippen LogP contribution >= 0.6 is 0 Å². The highest BCUT2D eigenvalue weighted by Crippen LogP contribution is 2.19. The number of methoxy groups -OCH3 is 1. The van der Waals surface area contributed by atoms with E-state index >= 15 is 0 Å². The minimum Gasteiger partial charge on any atom is -0.496 e. The zero-order valence-electron chi connectivity index (χ0n) is 14.6. The monoisotopic (exact) mass is 327 g/mol. The fraction of sp³-hybridized carbons (Fsp3) is 0.350. The Bertz CT molecular complexity index is 665. The van der Waals surface area contributed by atoms with Gasteiger partial charge in [0.25, 0.3) is 0 Å². The molecule has 0 saturated heterocycles. The largest absolute Gasteiger partial charge is 0.496 e. The first-order valence-corrected chi connectivity index (χ1v) is 8.24. The molecule has 0 aliphatic heterocycles. The van der Waals surface area contributed by atoms with E-state index in [-0.39, 0.29) is 5.91 Å². The first-order chi connectivity index (χ1) is 11.6. The Balaban J connectivity index is 1.82. The molecule has 0 saturated carbocycles. The lowest BCUT2D eigenvalue weighted by atomic mass is 10.1. The van der Waals surface area contributed by atoms with Crippen LogP contribution in [0.5, 0.6) is 11.5 Å². The average molecular weight is 327 g/mol. The molecule has 128 valence electrons. The van der Waals surface area contributed by atoms with Crippen molar-refractivity contribution in [1.29, 1.82) is 0 Å². The Kier molecular flexibility index (Phi) is 6.67. The number of rotatable bonds is 8. The Morgan fingerprint density at radius 1 is 1.12 bits per heavy atom. The molecule has 0 atom stereocenters. The van der Waals surface area contributed by atoms with Crippen LogP contribution in [-0.4, -0.2) is 26.2 Å². The highest BCUT2D eigenvalue weighted by Gasteiger charge is 2.06. The fourth-order valence-corrected chi connectivity index (χ4v) is 2.56. The van der Waals surface area contributed by atoms with Gasteiger partial charge in [0.05, 0.1) is 20.1 Å². The standard InChI is InChI=1S/C20H25NO3/c1-4-24-18-8-6-16(7-9-18)14-20(22)21-12-11-17-13-15(2)5-10-19(17)23-3/h5-10,13H,4,11-12,14H2,1-3H3,(H,21,22). The molecule has 0 unspecified atom stereocenters. The molecule has 0 fully saturated rings. The highest BCUT2D eigenvalue weighted by atomic mass is 16.5. The number of hydrogen-bond donors (Lipinski definition) is 1. The molecular formula is C20H25NO3. The minimum absolute atomic E-state index is 0.0192. The topological polar surface area (TPSA) is 47.6 Å². The van der Waals surface area contributed by atoms with Crippen LogP contribution in [0, 0.1) is 6.92 Å². The van der Waals surface area contributed by atoms with Crippen molar-refractivity contribution >= 4 is 5.91 Å². The molecule has 0 aromatic heterocycles. The van der Waals surface area contributed by atoms with Crippen molar-refractivity contribution in [1.82, 2.24) is 5.32 Å². The number of aryl methyl sites for hydroxylation is 1. The maximum absolute atomic E-state index is 12.1. The molecule has 1 N–H and O–H groups in total. The quantitative estimate of drug-likeness (QED) is 0.809. The van der Waals surface area contributed by atoms with Crippen LogP contribution in [-0.2, 0) is 17.6 Å². The van der Waals surface area contributed by atoms with Crippen LogP contribution in [0.25, 0.3) is 0 Å². The number of ether oxygens (including phenoxy) is 2. The van der Waals surface area contributed by atoms with Gasteiger partial charge in [-0.05, 0) is 49.6 Å². The number of benzene rings is 2. The van der Waals surface area contributed by atoms with Crippen molar-refractivity contribution < 1.29 is 14.3 Å². The van der Waals surface area contributed by atoms with E-state index in [0.29, 0.717) is 19.6 Å². The summed E-state index contributed by atoms with van der Waals surface area (Å²) in [6.45, 7) is 5.23. The van der Waals surface area contributed by atoms with E-state index in [1.54, 1.807) is 7.11 Å².